The van der Waals surface area contributed by atoms with E-state index in [1.165, 1.54) is 38.1 Å². The van der Waals surface area contributed by atoms with Crippen molar-refractivity contribution in [3.05, 3.63) is 71.1 Å². The highest BCUT2D eigenvalue weighted by molar-refractivity contribution is 7.52. The largest absolute Gasteiger partial charge is 0.399 e. The third-order valence-corrected chi connectivity index (χ3v) is 10.4. The summed E-state index contributed by atoms with van der Waals surface area (Å²) in [5, 5.41) is 11.3. The van der Waals surface area contributed by atoms with Gasteiger partial charge in [0, 0.05) is 16.8 Å². The number of carbonyl (C=O) groups is 3. The van der Waals surface area contributed by atoms with Crippen LogP contribution in [0.1, 0.15) is 54.3 Å². The van der Waals surface area contributed by atoms with Crippen molar-refractivity contribution in [2.24, 2.45) is 17.8 Å². The monoisotopic (exact) mass is 720 g/mol. The van der Waals surface area contributed by atoms with E-state index in [0.717, 1.165) is 49.4 Å². The zero-order chi connectivity index (χ0) is 36.6. The van der Waals surface area contributed by atoms with E-state index in [0.29, 0.717) is 35.2 Å². The molecule has 0 radical (unpaired) electrons. The lowest BCUT2D eigenvalue weighted by Crippen LogP contribution is -2.36. The maximum Gasteiger partial charge on any atom is 0.399 e. The summed E-state index contributed by atoms with van der Waals surface area (Å²) in [4.78, 5) is 54.1. The van der Waals surface area contributed by atoms with E-state index >= 15 is 0 Å². The highest BCUT2D eigenvalue weighted by Crippen LogP contribution is 2.59. The molecule has 14 heteroatoms. The Labute approximate surface area is 291 Å². The molecule has 6 rings (SSSR count). The fourth-order valence-electron chi connectivity index (χ4n) is 5.25. The predicted molar refractivity (Wildman–Crippen MR) is 188 cm³/mol. The lowest BCUT2D eigenvalue weighted by Gasteiger charge is -2.17. The quantitative estimate of drug-likeness (QED) is 0.193. The number of halogens is 2. The van der Waals surface area contributed by atoms with Gasteiger partial charge in [-0.05, 0) is 101 Å². The number of likely N-dealkylation sites (tertiary alicyclic amines) is 2. The first-order valence-electron chi connectivity index (χ1n) is 16.0. The van der Waals surface area contributed by atoms with Crippen LogP contribution in [0.4, 0.5) is 8.78 Å². The molecule has 1 saturated carbocycles. The fraction of sp³-hybridized carbons (Fsp3) is 0.486. The van der Waals surface area contributed by atoms with Crippen molar-refractivity contribution >= 4 is 48.0 Å². The van der Waals surface area contributed by atoms with Gasteiger partial charge in [0.15, 0.2) is 0 Å². The van der Waals surface area contributed by atoms with Crippen LogP contribution in [-0.4, -0.2) is 84.9 Å². The van der Waals surface area contributed by atoms with Gasteiger partial charge in [-0.2, -0.15) is 14.0 Å². The topological polar surface area (TPSA) is 151 Å². The van der Waals surface area contributed by atoms with Crippen molar-refractivity contribution in [2.75, 3.05) is 40.3 Å². The number of carbonyl (C=O) groups excluding carboxylic acids is 3. The van der Waals surface area contributed by atoms with Gasteiger partial charge in [0.05, 0.1) is 22.9 Å². The van der Waals surface area contributed by atoms with Crippen LogP contribution in [0, 0.1) is 29.1 Å². The normalized spacial score (nSPS) is 20.7. The second-order valence-corrected chi connectivity index (χ2v) is 15.1. The number of thiophene rings is 1. The van der Waals surface area contributed by atoms with E-state index < -0.39 is 30.8 Å². The highest BCUT2D eigenvalue weighted by Gasteiger charge is 2.50. The van der Waals surface area contributed by atoms with Crippen LogP contribution >= 0.6 is 18.9 Å². The highest BCUT2D eigenvalue weighted by atomic mass is 32.1. The van der Waals surface area contributed by atoms with E-state index in [2.05, 4.69) is 42.2 Å². The molecule has 1 amide bonds. The SMILES string of the molecule is C=O.CC1CC1C[C@@H](C=O)NC(=O)c1cc2cc(C(F)(F)P(=O)(O)O)ccc2s1.CN1CCC(C#N)C1.CN1CCCC1.c1ccccc1. The van der Waals surface area contributed by atoms with Gasteiger partial charge in [-0.25, -0.2) is 0 Å². The Hall–Kier alpha value is -3.37. The Kier molecular flexibility index (Phi) is 17.4. The predicted octanol–water partition coefficient (Wildman–Crippen LogP) is 6.15. The Morgan fingerprint density at radius 3 is 2.06 bits per heavy atom. The average molecular weight is 721 g/mol. The molecule has 1 aliphatic carbocycles. The summed E-state index contributed by atoms with van der Waals surface area (Å²) in [6.45, 7) is 8.78. The molecular formula is C35H47F2N4O6PS. The van der Waals surface area contributed by atoms with Gasteiger partial charge in [0.2, 0.25) is 0 Å². The van der Waals surface area contributed by atoms with E-state index in [9.17, 15) is 22.9 Å². The summed E-state index contributed by atoms with van der Waals surface area (Å²) in [7, 11) is -1.44. The Morgan fingerprint density at radius 2 is 1.67 bits per heavy atom. The minimum absolute atomic E-state index is 0.234. The second kappa shape index (κ2) is 20.3. The zero-order valence-corrected chi connectivity index (χ0v) is 29.9. The number of nitriles is 1. The first-order chi connectivity index (χ1) is 23.2. The maximum atomic E-state index is 13.9. The number of benzene rings is 2. The van der Waals surface area contributed by atoms with Crippen molar-refractivity contribution < 1.29 is 37.5 Å². The summed E-state index contributed by atoms with van der Waals surface area (Å²) in [5.41, 5.74) is -5.13. The van der Waals surface area contributed by atoms with E-state index in [4.69, 9.17) is 19.8 Å². The number of alkyl halides is 2. The second-order valence-electron chi connectivity index (χ2n) is 12.4. The van der Waals surface area contributed by atoms with Crippen molar-refractivity contribution in [2.45, 2.75) is 50.7 Å². The first kappa shape index (κ1) is 41.8. The summed E-state index contributed by atoms with van der Waals surface area (Å²) < 4.78 is 39.3. The van der Waals surface area contributed by atoms with Crippen LogP contribution in [0.25, 0.3) is 10.1 Å². The van der Waals surface area contributed by atoms with Crippen LogP contribution in [0.3, 0.4) is 0 Å². The summed E-state index contributed by atoms with van der Waals surface area (Å²) >= 11 is 1.05. The number of hydrogen-bond acceptors (Lipinski definition) is 8. The van der Waals surface area contributed by atoms with Crippen LogP contribution in [0.5, 0.6) is 0 Å². The van der Waals surface area contributed by atoms with Gasteiger partial charge in [0.1, 0.15) is 13.1 Å². The molecule has 268 valence electrons. The molecule has 3 aromatic rings. The van der Waals surface area contributed by atoms with Gasteiger partial charge >= 0.3 is 13.3 Å². The molecular weight excluding hydrogens is 673 g/mol. The standard InChI is InChI=1S/C17H18F2NO5PS.C6H10N2.C6H6.C5H11N.CH2O/c1-9-4-10(9)6-13(8-21)20-16(22)15-7-11-5-12(2-3-14(11)27-15)17(18,19)26(23,24)25;1-8-3-2-6(4-7)5-8;1-2-4-6-5-3-1;1-6-4-2-3-5-6;1-2/h2-3,5,7-10,13H,4,6H2,1H3,(H,20,22)(H2,23,24,25);6H,2-3,5H2,1H3;1-6H;2-5H2,1H3;1H2/t9?,10?,13-;;;;/m0..../s1. The van der Waals surface area contributed by atoms with Crippen molar-refractivity contribution in [1.29, 1.82) is 5.26 Å². The van der Waals surface area contributed by atoms with Gasteiger partial charge in [-0.1, -0.05) is 49.4 Å². The van der Waals surface area contributed by atoms with Crippen LogP contribution < -0.4 is 5.32 Å². The molecule has 3 fully saturated rings. The smallest absolute Gasteiger partial charge is 0.342 e. The van der Waals surface area contributed by atoms with Crippen LogP contribution in [-0.2, 0) is 19.8 Å². The molecule has 3 unspecified atom stereocenters. The zero-order valence-electron chi connectivity index (χ0n) is 28.2. The molecule has 3 heterocycles. The average Bonchev–Trinajstić information content (AvgIpc) is 3.50. The number of nitrogens with one attached hydrogen (secondary N) is 1. The maximum absolute atomic E-state index is 13.9. The molecule has 49 heavy (non-hydrogen) atoms. The van der Waals surface area contributed by atoms with E-state index in [1.54, 1.807) is 0 Å². The molecule has 10 nitrogen and oxygen atoms in total. The number of nitrogens with zero attached hydrogens (tertiary/aromatic N) is 3. The summed E-state index contributed by atoms with van der Waals surface area (Å²) in [6, 6.07) is 18.2. The number of aldehydes is 1. The van der Waals surface area contributed by atoms with Crippen LogP contribution in [0.15, 0.2) is 60.7 Å². The minimum Gasteiger partial charge on any atom is -0.342 e. The Morgan fingerprint density at radius 1 is 1.10 bits per heavy atom. The first-order valence-corrected chi connectivity index (χ1v) is 18.5. The molecule has 0 spiro atoms. The molecule has 2 aliphatic heterocycles. The molecule has 4 atom stereocenters. The fourth-order valence-corrected chi connectivity index (χ4v) is 6.67. The van der Waals surface area contributed by atoms with E-state index in [-0.39, 0.29) is 10.3 Å². The van der Waals surface area contributed by atoms with Crippen molar-refractivity contribution in [3.8, 4) is 6.07 Å². The summed E-state index contributed by atoms with van der Waals surface area (Å²) in [6.07, 6.45) is 6.18. The van der Waals surface area contributed by atoms with Gasteiger partial charge in [0.25, 0.3) is 5.91 Å². The van der Waals surface area contributed by atoms with Gasteiger partial charge in [-0.3, -0.25) is 9.36 Å². The molecule has 3 N–H and O–H groups in total. The van der Waals surface area contributed by atoms with Crippen LogP contribution in [0.2, 0.25) is 0 Å². The molecule has 2 saturated heterocycles. The van der Waals surface area contributed by atoms with Crippen molar-refractivity contribution in [3.63, 3.8) is 0 Å². The third-order valence-electron chi connectivity index (χ3n) is 8.34. The number of rotatable bonds is 7. The molecule has 0 bridgehead atoms. The number of hydrogen-bond donors (Lipinski definition) is 3. The Balaban J connectivity index is 0.000000302. The summed E-state index contributed by atoms with van der Waals surface area (Å²) in [5.74, 6) is 0.785. The lowest BCUT2D eigenvalue weighted by atomic mass is 10.1. The van der Waals surface area contributed by atoms with E-state index in [1.807, 2.05) is 43.2 Å². The number of fused-ring (bicyclic) bond motifs is 1. The molecule has 1 aromatic heterocycles. The van der Waals surface area contributed by atoms with Crippen molar-refractivity contribution in [1.82, 2.24) is 15.1 Å². The van der Waals surface area contributed by atoms with Gasteiger partial charge in [-0.15, -0.1) is 11.3 Å². The Bertz CT molecular complexity index is 1520. The lowest BCUT2D eigenvalue weighted by molar-refractivity contribution is -0.109. The molecule has 3 aliphatic rings. The third kappa shape index (κ3) is 13.8. The number of amides is 1. The minimum atomic E-state index is -5.66. The molecule has 2 aromatic carbocycles. The van der Waals surface area contributed by atoms with Gasteiger partial charge < -0.3 is 34.5 Å².